The Balaban J connectivity index is 0.00000300. The van der Waals surface area contributed by atoms with E-state index in [9.17, 15) is 0 Å². The topological polar surface area (TPSA) is 52.1 Å². The van der Waals surface area contributed by atoms with Gasteiger partial charge < -0.3 is 20.3 Å². The predicted octanol–water partition coefficient (Wildman–Crippen LogP) is 2.79. The van der Waals surface area contributed by atoms with Crippen LogP contribution in [0.3, 0.4) is 0 Å². The zero-order valence-corrected chi connectivity index (χ0v) is 20.4. The molecular weight excluding hydrogens is 477 g/mol. The minimum atomic E-state index is 0. The summed E-state index contributed by atoms with van der Waals surface area (Å²) in [5.41, 5.74) is 1.15. The van der Waals surface area contributed by atoms with Gasteiger partial charge in [0.1, 0.15) is 5.75 Å². The number of nitrogens with zero attached hydrogens (tertiary/aromatic N) is 3. The molecule has 29 heavy (non-hydrogen) atoms. The summed E-state index contributed by atoms with van der Waals surface area (Å²) >= 11 is 0. The highest BCUT2D eigenvalue weighted by Gasteiger charge is 2.22. The fourth-order valence-corrected chi connectivity index (χ4v) is 3.43. The number of guanidine groups is 1. The van der Waals surface area contributed by atoms with E-state index in [1.54, 1.807) is 0 Å². The fraction of sp³-hybridized carbons (Fsp3) is 0.682. The first-order chi connectivity index (χ1) is 13.8. The SMILES string of the molecule is CCNC(=NCc1ccccc1OCC1CC1)NCCN1CCN(CC)CC1.I. The Hall–Kier alpha value is -1.06. The summed E-state index contributed by atoms with van der Waals surface area (Å²) in [7, 11) is 0. The maximum Gasteiger partial charge on any atom is 0.191 e. The van der Waals surface area contributed by atoms with Crippen molar-refractivity contribution in [2.75, 3.05) is 59.0 Å². The van der Waals surface area contributed by atoms with E-state index < -0.39 is 0 Å². The molecule has 1 aromatic carbocycles. The lowest BCUT2D eigenvalue weighted by atomic mass is 10.2. The van der Waals surface area contributed by atoms with Crippen LogP contribution in [0.2, 0.25) is 0 Å². The Kier molecular flexibility index (Phi) is 11.1. The van der Waals surface area contributed by atoms with Crippen molar-refractivity contribution < 1.29 is 4.74 Å². The first-order valence-electron chi connectivity index (χ1n) is 11.0. The number of nitrogens with one attached hydrogen (secondary N) is 2. The van der Waals surface area contributed by atoms with Gasteiger partial charge in [0.25, 0.3) is 0 Å². The first kappa shape index (κ1) is 24.2. The number of hydrogen-bond acceptors (Lipinski definition) is 4. The van der Waals surface area contributed by atoms with Gasteiger partial charge >= 0.3 is 0 Å². The lowest BCUT2D eigenvalue weighted by molar-refractivity contribution is 0.139. The molecule has 2 fully saturated rings. The van der Waals surface area contributed by atoms with Gasteiger partial charge in [-0.1, -0.05) is 25.1 Å². The number of likely N-dealkylation sites (N-methyl/N-ethyl adjacent to an activating group) is 1. The van der Waals surface area contributed by atoms with Gasteiger partial charge in [0.15, 0.2) is 5.96 Å². The van der Waals surface area contributed by atoms with Gasteiger partial charge in [-0.25, -0.2) is 4.99 Å². The van der Waals surface area contributed by atoms with Crippen LogP contribution in [0.15, 0.2) is 29.3 Å². The van der Waals surface area contributed by atoms with Gasteiger partial charge in [0.05, 0.1) is 13.2 Å². The van der Waals surface area contributed by atoms with Gasteiger partial charge in [-0.05, 0) is 38.3 Å². The van der Waals surface area contributed by atoms with Crippen LogP contribution in [0.1, 0.15) is 32.3 Å². The molecule has 1 saturated carbocycles. The number of rotatable bonds is 10. The monoisotopic (exact) mass is 515 g/mol. The minimum Gasteiger partial charge on any atom is -0.493 e. The average molecular weight is 515 g/mol. The second-order valence-corrected chi connectivity index (χ2v) is 7.76. The summed E-state index contributed by atoms with van der Waals surface area (Å²) in [6, 6.07) is 8.27. The van der Waals surface area contributed by atoms with Crippen molar-refractivity contribution in [3.63, 3.8) is 0 Å². The lowest BCUT2D eigenvalue weighted by Crippen LogP contribution is -2.49. The molecule has 1 heterocycles. The molecule has 3 rings (SSSR count). The molecule has 2 aliphatic rings. The fourth-order valence-electron chi connectivity index (χ4n) is 3.43. The van der Waals surface area contributed by atoms with Crippen LogP contribution in [0.25, 0.3) is 0 Å². The third kappa shape index (κ3) is 8.68. The molecular formula is C22H38IN5O. The molecule has 0 aromatic heterocycles. The Morgan fingerprint density at radius 2 is 1.79 bits per heavy atom. The average Bonchev–Trinajstić information content (AvgIpc) is 3.56. The summed E-state index contributed by atoms with van der Waals surface area (Å²) in [6.45, 7) is 14.5. The maximum absolute atomic E-state index is 6.01. The summed E-state index contributed by atoms with van der Waals surface area (Å²) in [6.07, 6.45) is 2.62. The lowest BCUT2D eigenvalue weighted by Gasteiger charge is -2.34. The molecule has 0 unspecified atom stereocenters. The van der Waals surface area contributed by atoms with E-state index in [0.29, 0.717) is 6.54 Å². The number of hydrogen-bond donors (Lipinski definition) is 2. The Morgan fingerprint density at radius 3 is 2.48 bits per heavy atom. The Morgan fingerprint density at radius 1 is 1.07 bits per heavy atom. The maximum atomic E-state index is 6.01. The van der Waals surface area contributed by atoms with Crippen molar-refractivity contribution in [3.8, 4) is 5.75 Å². The smallest absolute Gasteiger partial charge is 0.191 e. The van der Waals surface area contributed by atoms with E-state index in [4.69, 9.17) is 9.73 Å². The van der Waals surface area contributed by atoms with Gasteiger partial charge in [0.2, 0.25) is 0 Å². The number of halogens is 1. The zero-order valence-electron chi connectivity index (χ0n) is 18.0. The molecule has 164 valence electrons. The summed E-state index contributed by atoms with van der Waals surface area (Å²) in [4.78, 5) is 9.83. The molecule has 1 saturated heterocycles. The third-order valence-electron chi connectivity index (χ3n) is 5.53. The molecule has 6 nitrogen and oxygen atoms in total. The van der Waals surface area contributed by atoms with Gasteiger partial charge in [-0.2, -0.15) is 0 Å². The van der Waals surface area contributed by atoms with Crippen LogP contribution >= 0.6 is 24.0 Å². The van der Waals surface area contributed by atoms with Crippen molar-refractivity contribution in [3.05, 3.63) is 29.8 Å². The van der Waals surface area contributed by atoms with E-state index in [1.807, 2.05) is 6.07 Å². The second kappa shape index (κ2) is 13.3. The van der Waals surface area contributed by atoms with Gasteiger partial charge in [-0.3, -0.25) is 4.90 Å². The van der Waals surface area contributed by atoms with Crippen LogP contribution in [-0.4, -0.2) is 74.7 Å². The quantitative estimate of drug-likeness (QED) is 0.285. The van der Waals surface area contributed by atoms with Gasteiger partial charge in [-0.15, -0.1) is 24.0 Å². The first-order valence-corrected chi connectivity index (χ1v) is 11.0. The number of piperazine rings is 1. The number of benzene rings is 1. The number of aliphatic imine (C=N–C) groups is 1. The molecule has 7 heteroatoms. The van der Waals surface area contributed by atoms with E-state index in [-0.39, 0.29) is 24.0 Å². The van der Waals surface area contributed by atoms with Crippen molar-refractivity contribution in [1.29, 1.82) is 0 Å². The van der Waals surface area contributed by atoms with Crippen LogP contribution in [-0.2, 0) is 6.54 Å². The molecule has 0 atom stereocenters. The largest absolute Gasteiger partial charge is 0.493 e. The van der Waals surface area contributed by atoms with E-state index in [0.717, 1.165) is 69.1 Å². The van der Waals surface area contributed by atoms with E-state index >= 15 is 0 Å². The molecule has 1 aromatic rings. The summed E-state index contributed by atoms with van der Waals surface area (Å²) < 4.78 is 6.01. The van der Waals surface area contributed by atoms with Crippen molar-refractivity contribution >= 4 is 29.9 Å². The van der Waals surface area contributed by atoms with Crippen molar-refractivity contribution in [1.82, 2.24) is 20.4 Å². The summed E-state index contributed by atoms with van der Waals surface area (Å²) in [5.74, 6) is 2.62. The highest BCUT2D eigenvalue weighted by Crippen LogP contribution is 2.30. The highest BCUT2D eigenvalue weighted by molar-refractivity contribution is 14.0. The minimum absolute atomic E-state index is 0. The van der Waals surface area contributed by atoms with Crippen LogP contribution in [0.4, 0.5) is 0 Å². The van der Waals surface area contributed by atoms with E-state index in [2.05, 4.69) is 52.5 Å². The van der Waals surface area contributed by atoms with Crippen molar-refractivity contribution in [2.24, 2.45) is 10.9 Å². The molecule has 0 radical (unpaired) electrons. The highest BCUT2D eigenvalue weighted by atomic mass is 127. The van der Waals surface area contributed by atoms with Crippen LogP contribution < -0.4 is 15.4 Å². The molecule has 1 aliphatic carbocycles. The Labute approximate surface area is 193 Å². The summed E-state index contributed by atoms with van der Waals surface area (Å²) in [5, 5.41) is 6.84. The van der Waals surface area contributed by atoms with Crippen LogP contribution in [0.5, 0.6) is 5.75 Å². The normalized spacial score (nSPS) is 18.2. The standard InChI is InChI=1S/C22H37N5O.HI/c1-3-23-22(24-11-12-27-15-13-26(4-2)14-16-27)25-17-20-7-5-6-8-21(20)28-18-19-9-10-19;/h5-8,19H,3-4,9-18H2,1-2H3,(H2,23,24,25);1H. The molecule has 0 bridgehead atoms. The number of ether oxygens (including phenoxy) is 1. The Bertz CT molecular complexity index is 615. The second-order valence-electron chi connectivity index (χ2n) is 7.76. The third-order valence-corrected chi connectivity index (χ3v) is 5.53. The molecule has 0 spiro atoms. The molecule has 2 N–H and O–H groups in total. The van der Waals surface area contributed by atoms with Crippen molar-refractivity contribution in [2.45, 2.75) is 33.2 Å². The zero-order chi connectivity index (χ0) is 19.6. The predicted molar refractivity (Wildman–Crippen MR) is 131 cm³/mol. The molecule has 0 amide bonds. The molecule has 1 aliphatic heterocycles. The number of para-hydroxylation sites is 1. The van der Waals surface area contributed by atoms with E-state index in [1.165, 1.54) is 25.9 Å². The van der Waals surface area contributed by atoms with Crippen LogP contribution in [0, 0.1) is 5.92 Å². The van der Waals surface area contributed by atoms with Gasteiger partial charge in [0, 0.05) is 51.4 Å².